The lowest BCUT2D eigenvalue weighted by molar-refractivity contribution is 0.0475. The molecular weight excluding hydrogens is 323 g/mol. The predicted molar refractivity (Wildman–Crippen MR) is 91.5 cm³/mol. The summed E-state index contributed by atoms with van der Waals surface area (Å²) in [5.74, 6) is -1.25. The maximum absolute atomic E-state index is 13.6. The first-order chi connectivity index (χ1) is 12.1. The van der Waals surface area contributed by atoms with E-state index in [1.165, 1.54) is 18.2 Å². The van der Waals surface area contributed by atoms with Crippen LogP contribution in [0.1, 0.15) is 20.7 Å². The van der Waals surface area contributed by atoms with E-state index in [0.29, 0.717) is 16.7 Å². The van der Waals surface area contributed by atoms with Crippen molar-refractivity contribution in [1.29, 1.82) is 0 Å². The topological polar surface area (TPSA) is 52.6 Å². The minimum absolute atomic E-state index is 0.102. The Labute approximate surface area is 143 Å². The maximum atomic E-state index is 13.6. The van der Waals surface area contributed by atoms with Crippen LogP contribution in [0.5, 0.6) is 5.75 Å². The summed E-state index contributed by atoms with van der Waals surface area (Å²) in [6.07, 6.45) is 0. The Morgan fingerprint density at radius 3 is 2.28 bits per heavy atom. The van der Waals surface area contributed by atoms with E-state index in [9.17, 15) is 14.0 Å². The number of Topliss-reactive ketones (excluding diaryl/α,β-unsaturated/α-hetero) is 1. The molecule has 3 aromatic rings. The number of rotatable bonds is 5. The van der Waals surface area contributed by atoms with Gasteiger partial charge in [0.25, 0.3) is 0 Å². The first kappa shape index (κ1) is 16.6. The second kappa shape index (κ2) is 7.13. The third kappa shape index (κ3) is 3.35. The van der Waals surface area contributed by atoms with E-state index in [1.807, 2.05) is 12.1 Å². The summed E-state index contributed by atoms with van der Waals surface area (Å²) in [5, 5.41) is 1.42. The summed E-state index contributed by atoms with van der Waals surface area (Å²) < 4.78 is 24.0. The van der Waals surface area contributed by atoms with Crippen LogP contribution in [0.15, 0.2) is 60.7 Å². The predicted octanol–water partition coefficient (Wildman–Crippen LogP) is 4.03. The summed E-state index contributed by atoms with van der Waals surface area (Å²) >= 11 is 0. The van der Waals surface area contributed by atoms with Crippen molar-refractivity contribution in [2.45, 2.75) is 0 Å². The number of hydrogen-bond acceptors (Lipinski definition) is 4. The Bertz CT molecular complexity index is 949. The fraction of sp³-hybridized carbons (Fsp3) is 0.100. The Morgan fingerprint density at radius 2 is 1.56 bits per heavy atom. The van der Waals surface area contributed by atoms with E-state index < -0.39 is 24.2 Å². The van der Waals surface area contributed by atoms with Gasteiger partial charge in [0.2, 0.25) is 5.78 Å². The average Bonchev–Trinajstić information content (AvgIpc) is 2.65. The van der Waals surface area contributed by atoms with Crippen LogP contribution in [0.25, 0.3) is 10.8 Å². The molecule has 0 radical (unpaired) electrons. The summed E-state index contributed by atoms with van der Waals surface area (Å²) in [4.78, 5) is 24.4. The number of carbonyl (C=O) groups excluding carboxylic acids is 2. The van der Waals surface area contributed by atoms with Crippen molar-refractivity contribution in [3.63, 3.8) is 0 Å². The largest absolute Gasteiger partial charge is 0.496 e. The van der Waals surface area contributed by atoms with Gasteiger partial charge in [0, 0.05) is 5.39 Å². The van der Waals surface area contributed by atoms with Crippen molar-refractivity contribution in [2.75, 3.05) is 13.7 Å². The van der Waals surface area contributed by atoms with E-state index in [0.717, 1.165) is 5.39 Å². The molecule has 25 heavy (non-hydrogen) atoms. The molecule has 126 valence electrons. The van der Waals surface area contributed by atoms with Gasteiger partial charge < -0.3 is 9.47 Å². The highest BCUT2D eigenvalue weighted by Crippen LogP contribution is 2.28. The van der Waals surface area contributed by atoms with Gasteiger partial charge in [-0.25, -0.2) is 9.18 Å². The Hall–Kier alpha value is -3.21. The molecule has 0 N–H and O–H groups in total. The number of hydrogen-bond donors (Lipinski definition) is 0. The van der Waals surface area contributed by atoms with Gasteiger partial charge in [-0.2, -0.15) is 0 Å². The molecule has 0 bridgehead atoms. The van der Waals surface area contributed by atoms with Gasteiger partial charge in [-0.05, 0) is 29.7 Å². The van der Waals surface area contributed by atoms with Gasteiger partial charge in [-0.1, -0.05) is 36.4 Å². The molecular formula is C20H15FO4. The van der Waals surface area contributed by atoms with Gasteiger partial charge in [0.15, 0.2) is 6.61 Å². The fourth-order valence-corrected chi connectivity index (χ4v) is 2.60. The van der Waals surface area contributed by atoms with Gasteiger partial charge in [0.05, 0.1) is 18.2 Å². The van der Waals surface area contributed by atoms with Crippen molar-refractivity contribution in [1.82, 2.24) is 0 Å². The van der Waals surface area contributed by atoms with E-state index >= 15 is 0 Å². The number of halogens is 1. The number of methoxy groups -OCH3 is 1. The van der Waals surface area contributed by atoms with Gasteiger partial charge in [-0.15, -0.1) is 0 Å². The van der Waals surface area contributed by atoms with Crippen LogP contribution in [0, 0.1) is 5.82 Å². The number of benzene rings is 3. The third-order valence-corrected chi connectivity index (χ3v) is 3.83. The zero-order valence-electron chi connectivity index (χ0n) is 13.5. The Kier molecular flexibility index (Phi) is 4.75. The van der Waals surface area contributed by atoms with Crippen LogP contribution in [-0.2, 0) is 4.74 Å². The quantitative estimate of drug-likeness (QED) is 0.521. The third-order valence-electron chi connectivity index (χ3n) is 3.83. The van der Waals surface area contributed by atoms with E-state index in [1.54, 1.807) is 37.4 Å². The lowest BCUT2D eigenvalue weighted by Crippen LogP contribution is -2.15. The van der Waals surface area contributed by atoms with E-state index in [-0.39, 0.29) is 5.56 Å². The van der Waals surface area contributed by atoms with Crippen LogP contribution < -0.4 is 4.74 Å². The molecule has 0 aromatic heterocycles. The van der Waals surface area contributed by atoms with Crippen LogP contribution in [0.4, 0.5) is 4.39 Å². The molecule has 3 rings (SSSR count). The van der Waals surface area contributed by atoms with Crippen LogP contribution in [0.2, 0.25) is 0 Å². The average molecular weight is 338 g/mol. The molecule has 0 saturated carbocycles. The standard InChI is InChI=1S/C20H15FO4/c1-24-19-11-10-15(13-6-2-3-7-14(13)19)20(23)25-12-18(22)16-8-4-5-9-17(16)21/h2-11H,12H2,1H3. The number of fused-ring (bicyclic) bond motifs is 1. The monoisotopic (exact) mass is 338 g/mol. The molecule has 0 unspecified atom stereocenters. The number of esters is 1. The van der Waals surface area contributed by atoms with Crippen molar-refractivity contribution < 1.29 is 23.5 Å². The number of ketones is 1. The highest BCUT2D eigenvalue weighted by atomic mass is 19.1. The lowest BCUT2D eigenvalue weighted by Gasteiger charge is -2.10. The first-order valence-electron chi connectivity index (χ1n) is 7.62. The SMILES string of the molecule is COc1ccc(C(=O)OCC(=O)c2ccccc2F)c2ccccc12. The summed E-state index contributed by atoms with van der Waals surface area (Å²) in [6.45, 7) is -0.528. The van der Waals surface area contributed by atoms with Gasteiger partial charge >= 0.3 is 5.97 Å². The highest BCUT2D eigenvalue weighted by Gasteiger charge is 2.17. The first-order valence-corrected chi connectivity index (χ1v) is 7.62. The second-order valence-corrected chi connectivity index (χ2v) is 5.34. The molecule has 0 spiro atoms. The lowest BCUT2D eigenvalue weighted by atomic mass is 10.0. The minimum atomic E-state index is -0.649. The summed E-state index contributed by atoms with van der Waals surface area (Å²) in [7, 11) is 1.55. The van der Waals surface area contributed by atoms with Crippen molar-refractivity contribution in [3.05, 3.63) is 77.6 Å². The zero-order valence-corrected chi connectivity index (χ0v) is 13.5. The molecule has 0 aliphatic carbocycles. The van der Waals surface area contributed by atoms with E-state index in [2.05, 4.69) is 0 Å². The van der Waals surface area contributed by atoms with Crippen molar-refractivity contribution in [3.8, 4) is 5.75 Å². The molecule has 5 heteroatoms. The van der Waals surface area contributed by atoms with Crippen molar-refractivity contribution >= 4 is 22.5 Å². The molecule has 0 amide bonds. The van der Waals surface area contributed by atoms with Crippen LogP contribution >= 0.6 is 0 Å². The van der Waals surface area contributed by atoms with E-state index in [4.69, 9.17) is 9.47 Å². The summed E-state index contributed by atoms with van der Waals surface area (Å²) in [6, 6.07) is 16.1. The Balaban J connectivity index is 1.82. The minimum Gasteiger partial charge on any atom is -0.496 e. The van der Waals surface area contributed by atoms with Crippen molar-refractivity contribution in [2.24, 2.45) is 0 Å². The molecule has 4 nitrogen and oxygen atoms in total. The molecule has 0 heterocycles. The molecule has 0 saturated heterocycles. The smallest absolute Gasteiger partial charge is 0.339 e. The number of ether oxygens (including phenoxy) is 2. The molecule has 0 aliphatic heterocycles. The molecule has 0 fully saturated rings. The Morgan fingerprint density at radius 1 is 0.880 bits per heavy atom. The van der Waals surface area contributed by atoms with Gasteiger partial charge in [-0.3, -0.25) is 4.79 Å². The van der Waals surface area contributed by atoms with Crippen LogP contribution in [0.3, 0.4) is 0 Å². The molecule has 3 aromatic carbocycles. The van der Waals surface area contributed by atoms with Crippen LogP contribution in [-0.4, -0.2) is 25.5 Å². The number of carbonyl (C=O) groups is 2. The zero-order chi connectivity index (χ0) is 17.8. The highest BCUT2D eigenvalue weighted by molar-refractivity contribution is 6.07. The normalized spacial score (nSPS) is 10.5. The molecule has 0 aliphatic rings. The molecule has 0 atom stereocenters. The second-order valence-electron chi connectivity index (χ2n) is 5.34. The summed E-state index contributed by atoms with van der Waals surface area (Å²) in [5.41, 5.74) is 0.215. The maximum Gasteiger partial charge on any atom is 0.339 e. The van der Waals surface area contributed by atoms with Gasteiger partial charge in [0.1, 0.15) is 11.6 Å². The fourth-order valence-electron chi connectivity index (χ4n) is 2.60.